The Morgan fingerprint density at radius 3 is 2.28 bits per heavy atom. The maximum Gasteiger partial charge on any atom is 0.320 e. The lowest BCUT2D eigenvalue weighted by Gasteiger charge is -2.28. The van der Waals surface area contributed by atoms with Crippen molar-refractivity contribution in [3.8, 4) is 0 Å². The molecule has 0 fully saturated rings. The molecule has 0 unspecified atom stereocenters. The van der Waals surface area contributed by atoms with Gasteiger partial charge in [-0.2, -0.15) is 0 Å². The minimum atomic E-state index is -0.755. The molecule has 0 saturated heterocycles. The monoisotopic (exact) mass is 286 g/mol. The van der Waals surface area contributed by atoms with Crippen LogP contribution in [-0.4, -0.2) is 15.8 Å². The lowest BCUT2D eigenvalue weighted by Crippen LogP contribution is -2.34. The van der Waals surface area contributed by atoms with E-state index in [1.807, 2.05) is 32.0 Å². The molecule has 0 radical (unpaired) electrons. The zero-order chi connectivity index (χ0) is 13.6. The highest BCUT2D eigenvalue weighted by Crippen LogP contribution is 2.43. The Morgan fingerprint density at radius 1 is 1.28 bits per heavy atom. The largest absolute Gasteiger partial charge is 0.480 e. The van der Waals surface area contributed by atoms with Gasteiger partial charge in [-0.3, -0.25) is 4.79 Å². The molecule has 0 bridgehead atoms. The quantitative estimate of drug-likeness (QED) is 0.728. The van der Waals surface area contributed by atoms with Gasteiger partial charge in [0.05, 0.1) is 5.02 Å². The van der Waals surface area contributed by atoms with E-state index in [4.69, 9.17) is 11.6 Å². The molecule has 0 aliphatic heterocycles. The second-order valence-corrected chi connectivity index (χ2v) is 6.16. The van der Waals surface area contributed by atoms with E-state index in [2.05, 4.69) is 0 Å². The van der Waals surface area contributed by atoms with E-state index in [-0.39, 0.29) is 0 Å². The number of carbonyl (C=O) groups is 1. The number of rotatable bonds is 7. The maximum atomic E-state index is 11.7. The van der Waals surface area contributed by atoms with E-state index >= 15 is 0 Å². The van der Waals surface area contributed by atoms with Crippen LogP contribution in [-0.2, 0) is 4.79 Å². The van der Waals surface area contributed by atoms with Crippen molar-refractivity contribution in [2.75, 3.05) is 0 Å². The van der Waals surface area contributed by atoms with Crippen LogP contribution >= 0.6 is 23.4 Å². The highest BCUT2D eigenvalue weighted by Gasteiger charge is 2.38. The Labute approximate surface area is 118 Å². The summed E-state index contributed by atoms with van der Waals surface area (Å²) in [6.07, 6.45) is 3.02. The van der Waals surface area contributed by atoms with Gasteiger partial charge in [-0.15, -0.1) is 11.8 Å². The van der Waals surface area contributed by atoms with Crippen molar-refractivity contribution in [1.29, 1.82) is 0 Å². The van der Waals surface area contributed by atoms with Gasteiger partial charge < -0.3 is 5.11 Å². The Morgan fingerprint density at radius 2 is 1.83 bits per heavy atom. The van der Waals surface area contributed by atoms with Crippen molar-refractivity contribution >= 4 is 29.3 Å². The summed E-state index contributed by atoms with van der Waals surface area (Å²) in [5, 5.41) is 10.2. The Kier molecular flexibility index (Phi) is 6.03. The van der Waals surface area contributed by atoms with Crippen molar-refractivity contribution in [2.24, 2.45) is 0 Å². The number of hydrogen-bond acceptors (Lipinski definition) is 2. The Hall–Kier alpha value is -0.670. The fraction of sp³-hybridized carbons (Fsp3) is 0.500. The van der Waals surface area contributed by atoms with Crippen molar-refractivity contribution in [2.45, 2.75) is 49.2 Å². The van der Waals surface area contributed by atoms with E-state index in [0.29, 0.717) is 17.9 Å². The smallest absolute Gasteiger partial charge is 0.320 e. The summed E-state index contributed by atoms with van der Waals surface area (Å²) in [4.78, 5) is 12.5. The molecule has 0 spiro atoms. The van der Waals surface area contributed by atoms with Gasteiger partial charge in [0, 0.05) is 4.90 Å². The van der Waals surface area contributed by atoms with Gasteiger partial charge in [-0.1, -0.05) is 50.4 Å². The van der Waals surface area contributed by atoms with Crippen LogP contribution in [0.15, 0.2) is 29.2 Å². The summed E-state index contributed by atoms with van der Waals surface area (Å²) in [6.45, 7) is 4.03. The second-order valence-electron chi connectivity index (χ2n) is 4.33. The van der Waals surface area contributed by atoms with Crippen molar-refractivity contribution in [3.63, 3.8) is 0 Å². The average molecular weight is 287 g/mol. The second kappa shape index (κ2) is 7.05. The fourth-order valence-electron chi connectivity index (χ4n) is 2.03. The van der Waals surface area contributed by atoms with Gasteiger partial charge >= 0.3 is 5.97 Å². The fourth-order valence-corrected chi connectivity index (χ4v) is 3.71. The molecule has 0 saturated carbocycles. The molecule has 100 valence electrons. The third kappa shape index (κ3) is 3.66. The molecule has 0 aromatic heterocycles. The van der Waals surface area contributed by atoms with Gasteiger partial charge in [0.25, 0.3) is 0 Å². The summed E-state index contributed by atoms with van der Waals surface area (Å²) < 4.78 is -0.755. The summed E-state index contributed by atoms with van der Waals surface area (Å²) in [6, 6.07) is 7.43. The third-order valence-electron chi connectivity index (χ3n) is 2.84. The van der Waals surface area contributed by atoms with Gasteiger partial charge in [0.1, 0.15) is 4.75 Å². The van der Waals surface area contributed by atoms with E-state index in [1.165, 1.54) is 11.8 Å². The van der Waals surface area contributed by atoms with Crippen LogP contribution in [0.5, 0.6) is 0 Å². The van der Waals surface area contributed by atoms with Crippen molar-refractivity contribution in [3.05, 3.63) is 29.3 Å². The molecular formula is C14H19ClO2S. The van der Waals surface area contributed by atoms with Crippen LogP contribution in [0.1, 0.15) is 39.5 Å². The highest BCUT2D eigenvalue weighted by atomic mass is 35.5. The van der Waals surface area contributed by atoms with Crippen molar-refractivity contribution in [1.82, 2.24) is 0 Å². The molecule has 0 aliphatic carbocycles. The number of thioether (sulfide) groups is 1. The lowest BCUT2D eigenvalue weighted by molar-refractivity contribution is -0.140. The average Bonchev–Trinajstić information content (AvgIpc) is 2.32. The number of aliphatic carboxylic acids is 1. The zero-order valence-electron chi connectivity index (χ0n) is 10.8. The van der Waals surface area contributed by atoms with Crippen LogP contribution in [0.2, 0.25) is 5.02 Å². The molecule has 1 rings (SSSR count). The Balaban J connectivity index is 3.03. The normalized spacial score (nSPS) is 11.5. The van der Waals surface area contributed by atoms with Crippen molar-refractivity contribution < 1.29 is 9.90 Å². The molecule has 2 nitrogen and oxygen atoms in total. The number of hydrogen-bond donors (Lipinski definition) is 1. The van der Waals surface area contributed by atoms with Gasteiger partial charge in [0.2, 0.25) is 0 Å². The highest BCUT2D eigenvalue weighted by molar-refractivity contribution is 8.01. The lowest BCUT2D eigenvalue weighted by atomic mass is 9.97. The molecule has 1 N–H and O–H groups in total. The molecule has 0 atom stereocenters. The van der Waals surface area contributed by atoms with Gasteiger partial charge in [0.15, 0.2) is 0 Å². The number of carboxylic acids is 1. The molecule has 0 amide bonds. The van der Waals surface area contributed by atoms with Crippen LogP contribution < -0.4 is 0 Å². The molecule has 4 heteroatoms. The SMILES string of the molecule is CCCC(CCC)(Sc1ccccc1Cl)C(=O)O. The first-order valence-electron chi connectivity index (χ1n) is 6.22. The van der Waals surface area contributed by atoms with Crippen LogP contribution in [0, 0.1) is 0 Å². The standard InChI is InChI=1S/C14H19ClO2S/c1-3-9-14(10-4-2,13(16)17)18-12-8-6-5-7-11(12)15/h5-8H,3-4,9-10H2,1-2H3,(H,16,17). The van der Waals surface area contributed by atoms with E-state index in [1.54, 1.807) is 6.07 Å². The molecule has 0 heterocycles. The maximum absolute atomic E-state index is 11.7. The molecule has 1 aromatic carbocycles. The first kappa shape index (κ1) is 15.4. The third-order valence-corrected chi connectivity index (χ3v) is 4.83. The summed E-state index contributed by atoms with van der Waals surface area (Å²) >= 11 is 7.51. The molecular weight excluding hydrogens is 268 g/mol. The van der Waals surface area contributed by atoms with Gasteiger partial charge in [-0.25, -0.2) is 0 Å². The summed E-state index contributed by atoms with van der Waals surface area (Å²) in [5.74, 6) is -0.740. The predicted octanol–water partition coefficient (Wildman–Crippen LogP) is 4.86. The number of benzene rings is 1. The summed E-state index contributed by atoms with van der Waals surface area (Å²) in [7, 11) is 0. The first-order valence-corrected chi connectivity index (χ1v) is 7.42. The van der Waals surface area contributed by atoms with E-state index < -0.39 is 10.7 Å². The van der Waals surface area contributed by atoms with Gasteiger partial charge in [-0.05, 0) is 25.0 Å². The van der Waals surface area contributed by atoms with Crippen LogP contribution in [0.4, 0.5) is 0 Å². The van der Waals surface area contributed by atoms with E-state index in [9.17, 15) is 9.90 Å². The molecule has 1 aromatic rings. The molecule has 0 aliphatic rings. The topological polar surface area (TPSA) is 37.3 Å². The first-order chi connectivity index (χ1) is 8.55. The predicted molar refractivity (Wildman–Crippen MR) is 77.5 cm³/mol. The number of halogens is 1. The van der Waals surface area contributed by atoms with E-state index in [0.717, 1.165) is 17.7 Å². The Bertz CT molecular complexity index is 401. The zero-order valence-corrected chi connectivity index (χ0v) is 12.4. The van der Waals surface area contributed by atoms with Crippen LogP contribution in [0.3, 0.4) is 0 Å². The minimum Gasteiger partial charge on any atom is -0.480 e. The number of carboxylic acid groups (broad SMARTS) is 1. The summed E-state index contributed by atoms with van der Waals surface area (Å²) in [5.41, 5.74) is 0. The van der Waals surface area contributed by atoms with Crippen LogP contribution in [0.25, 0.3) is 0 Å². The molecule has 18 heavy (non-hydrogen) atoms. The minimum absolute atomic E-state index is 0.625.